The second-order valence-corrected chi connectivity index (χ2v) is 7.57. The minimum Gasteiger partial charge on any atom is -0.291 e. The zero-order valence-electron chi connectivity index (χ0n) is 14.5. The second-order valence-electron chi connectivity index (χ2n) is 6.52. The average molecular weight is 398 g/mol. The third-order valence-corrected chi connectivity index (χ3v) is 6.00. The molecule has 140 valence electrons. The van der Waals surface area contributed by atoms with Crippen molar-refractivity contribution in [3.05, 3.63) is 75.9 Å². The molecule has 1 aliphatic rings. The number of rotatable bonds is 3. The Morgan fingerprint density at radius 2 is 1.89 bits per heavy atom. The van der Waals surface area contributed by atoms with E-state index in [2.05, 4.69) is 11.1 Å². The number of nitriles is 1. The van der Waals surface area contributed by atoms with Crippen molar-refractivity contribution in [1.29, 1.82) is 5.26 Å². The Hall–Kier alpha value is -2.98. The molecule has 28 heavy (non-hydrogen) atoms. The van der Waals surface area contributed by atoms with Crippen molar-refractivity contribution < 1.29 is 18.0 Å². The summed E-state index contributed by atoms with van der Waals surface area (Å²) in [5.74, 6) is -1.68. The number of hydrogen-bond donors (Lipinski definition) is 0. The number of carbonyl (C=O) groups excluding carboxylic acids is 1. The molecule has 0 radical (unpaired) electrons. The molecule has 2 aromatic heterocycles. The van der Waals surface area contributed by atoms with E-state index in [1.807, 2.05) is 24.3 Å². The van der Waals surface area contributed by atoms with Crippen molar-refractivity contribution in [3.63, 3.8) is 0 Å². The molecule has 0 saturated heterocycles. The van der Waals surface area contributed by atoms with E-state index in [0.717, 1.165) is 41.0 Å². The minimum atomic E-state index is -4.52. The summed E-state index contributed by atoms with van der Waals surface area (Å²) in [5.41, 5.74) is 2.48. The molecule has 3 aromatic rings. The van der Waals surface area contributed by atoms with Crippen LogP contribution in [0.4, 0.5) is 13.2 Å². The number of hydrogen-bond acceptors (Lipinski definition) is 4. The Labute approximate surface area is 163 Å². The van der Waals surface area contributed by atoms with Gasteiger partial charge in [-0.3, -0.25) is 9.78 Å². The van der Waals surface area contributed by atoms with E-state index in [1.54, 1.807) is 6.07 Å². The fourth-order valence-corrected chi connectivity index (χ4v) is 4.58. The Morgan fingerprint density at radius 1 is 1.14 bits per heavy atom. The van der Waals surface area contributed by atoms with Crippen molar-refractivity contribution in [1.82, 2.24) is 4.98 Å². The van der Waals surface area contributed by atoms with Gasteiger partial charge in [0.1, 0.15) is 0 Å². The highest BCUT2D eigenvalue weighted by atomic mass is 32.1. The number of nitrogens with zero attached hydrogens (tertiary/aromatic N) is 2. The lowest BCUT2D eigenvalue weighted by Gasteiger charge is -2.15. The van der Waals surface area contributed by atoms with Crippen molar-refractivity contribution in [2.45, 2.75) is 24.9 Å². The van der Waals surface area contributed by atoms with Crippen LogP contribution in [0.15, 0.2) is 48.7 Å². The molecule has 1 aromatic carbocycles. The number of fused-ring (bicyclic) bond motifs is 3. The summed E-state index contributed by atoms with van der Waals surface area (Å²) in [7, 11) is 0. The number of ketones is 1. The number of carbonyl (C=O) groups is 1. The van der Waals surface area contributed by atoms with Gasteiger partial charge in [-0.15, -0.1) is 11.3 Å². The molecule has 0 N–H and O–H groups in total. The maximum Gasteiger partial charge on any atom is 0.417 e. The standard InChI is InChI=1S/C21H13F3N2OS/c22-21(23,24)14-7-8-17(26-11-14)16(10-25)19(27)18-9-13-6-5-12-3-1-2-4-15(12)20(13)28-18/h1-4,7-9,11,16H,5-6H2/t16-/m0/s1. The minimum absolute atomic E-state index is 0.0206. The Kier molecular flexibility index (Phi) is 4.52. The molecular formula is C21H13F3N2OS. The van der Waals surface area contributed by atoms with Crippen LogP contribution >= 0.6 is 11.3 Å². The fourth-order valence-electron chi connectivity index (χ4n) is 3.34. The molecule has 0 amide bonds. The highest BCUT2D eigenvalue weighted by molar-refractivity contribution is 7.17. The third-order valence-electron chi connectivity index (χ3n) is 4.78. The number of Topliss-reactive ketones (excluding diaryl/α,β-unsaturated/α-hetero) is 1. The fraction of sp³-hybridized carbons (Fsp3) is 0.190. The zero-order valence-corrected chi connectivity index (χ0v) is 15.3. The van der Waals surface area contributed by atoms with Gasteiger partial charge in [-0.2, -0.15) is 18.4 Å². The van der Waals surface area contributed by atoms with Crippen molar-refractivity contribution in [2.75, 3.05) is 0 Å². The highest BCUT2D eigenvalue weighted by Crippen LogP contribution is 2.40. The van der Waals surface area contributed by atoms with Gasteiger partial charge >= 0.3 is 6.18 Å². The normalized spacial score (nSPS) is 13.9. The van der Waals surface area contributed by atoms with E-state index < -0.39 is 23.4 Å². The van der Waals surface area contributed by atoms with Crippen LogP contribution in [0.5, 0.6) is 0 Å². The van der Waals surface area contributed by atoms with Gasteiger partial charge in [-0.25, -0.2) is 0 Å². The summed E-state index contributed by atoms with van der Waals surface area (Å²) in [4.78, 5) is 18.1. The lowest BCUT2D eigenvalue weighted by molar-refractivity contribution is -0.137. The van der Waals surface area contributed by atoms with Crippen LogP contribution < -0.4 is 0 Å². The molecule has 7 heteroatoms. The Bertz CT molecular complexity index is 1090. The number of thiophene rings is 1. The van der Waals surface area contributed by atoms with Gasteiger partial charge in [-0.1, -0.05) is 24.3 Å². The van der Waals surface area contributed by atoms with Crippen molar-refractivity contribution >= 4 is 17.1 Å². The number of pyridine rings is 1. The van der Waals surface area contributed by atoms with Gasteiger partial charge in [0.25, 0.3) is 0 Å². The van der Waals surface area contributed by atoms with Gasteiger partial charge in [-0.05, 0) is 47.7 Å². The summed E-state index contributed by atoms with van der Waals surface area (Å²) in [6.07, 6.45) is -2.16. The number of alkyl halides is 3. The van der Waals surface area contributed by atoms with Gasteiger partial charge in [0.2, 0.25) is 0 Å². The average Bonchev–Trinajstić information content (AvgIpc) is 3.13. The third kappa shape index (κ3) is 3.20. The van der Waals surface area contributed by atoms with Crippen LogP contribution in [0.25, 0.3) is 10.4 Å². The first-order valence-corrected chi connectivity index (χ1v) is 9.38. The summed E-state index contributed by atoms with van der Waals surface area (Å²) in [5, 5.41) is 9.47. The molecule has 2 heterocycles. The van der Waals surface area contributed by atoms with Gasteiger partial charge in [0.15, 0.2) is 11.7 Å². The molecular weight excluding hydrogens is 385 g/mol. The molecule has 0 saturated carbocycles. The maximum atomic E-state index is 12.9. The van der Waals surface area contributed by atoms with Crippen LogP contribution in [-0.4, -0.2) is 10.8 Å². The predicted octanol–water partition coefficient (Wildman–Crippen LogP) is 5.42. The van der Waals surface area contributed by atoms with Gasteiger partial charge in [0, 0.05) is 11.1 Å². The first kappa shape index (κ1) is 18.4. The number of benzene rings is 1. The van der Waals surface area contributed by atoms with Crippen LogP contribution in [-0.2, 0) is 19.0 Å². The van der Waals surface area contributed by atoms with Crippen molar-refractivity contribution in [2.24, 2.45) is 0 Å². The van der Waals surface area contributed by atoms with Crippen LogP contribution in [0.1, 0.15) is 38.0 Å². The Balaban J connectivity index is 1.66. The molecule has 1 aliphatic carbocycles. The maximum absolute atomic E-state index is 12.9. The topological polar surface area (TPSA) is 53.8 Å². The van der Waals surface area contributed by atoms with E-state index >= 15 is 0 Å². The SMILES string of the molecule is N#C[C@H](C(=O)c1cc2c(s1)-c1ccccc1CC2)c1ccc(C(F)(F)F)cn1. The zero-order chi connectivity index (χ0) is 19.9. The van der Waals surface area contributed by atoms with Crippen molar-refractivity contribution in [3.8, 4) is 16.5 Å². The number of halogens is 3. The first-order chi connectivity index (χ1) is 13.4. The summed E-state index contributed by atoms with van der Waals surface area (Å²) < 4.78 is 38.1. The molecule has 1 atom stereocenters. The molecule has 0 spiro atoms. The monoisotopic (exact) mass is 398 g/mol. The smallest absolute Gasteiger partial charge is 0.291 e. The number of aryl methyl sites for hydroxylation is 2. The van der Waals surface area contributed by atoms with E-state index in [-0.39, 0.29) is 5.69 Å². The molecule has 0 fully saturated rings. The molecule has 0 bridgehead atoms. The van der Waals surface area contributed by atoms with E-state index in [9.17, 15) is 23.2 Å². The molecule has 3 nitrogen and oxygen atoms in total. The van der Waals surface area contributed by atoms with E-state index in [4.69, 9.17) is 0 Å². The van der Waals surface area contributed by atoms with Crippen LogP contribution in [0, 0.1) is 11.3 Å². The summed E-state index contributed by atoms with van der Waals surface area (Å²) >= 11 is 1.32. The second kappa shape index (κ2) is 6.88. The van der Waals surface area contributed by atoms with Gasteiger partial charge < -0.3 is 0 Å². The largest absolute Gasteiger partial charge is 0.417 e. The van der Waals surface area contributed by atoms with E-state index in [0.29, 0.717) is 11.1 Å². The Morgan fingerprint density at radius 3 is 2.57 bits per heavy atom. The number of aromatic nitrogens is 1. The lowest BCUT2D eigenvalue weighted by atomic mass is 9.91. The molecule has 4 rings (SSSR count). The first-order valence-electron chi connectivity index (χ1n) is 8.56. The summed E-state index contributed by atoms with van der Waals surface area (Å²) in [6.45, 7) is 0. The molecule has 0 unspecified atom stereocenters. The summed E-state index contributed by atoms with van der Waals surface area (Å²) in [6, 6.07) is 13.6. The van der Waals surface area contributed by atoms with Crippen LogP contribution in [0.3, 0.4) is 0 Å². The molecule has 0 aliphatic heterocycles. The predicted molar refractivity (Wildman–Crippen MR) is 99.1 cm³/mol. The van der Waals surface area contributed by atoms with Gasteiger partial charge in [0.05, 0.1) is 22.2 Å². The lowest BCUT2D eigenvalue weighted by Crippen LogP contribution is -2.13. The van der Waals surface area contributed by atoms with Crippen LogP contribution in [0.2, 0.25) is 0 Å². The highest BCUT2D eigenvalue weighted by Gasteiger charge is 2.32. The van der Waals surface area contributed by atoms with E-state index in [1.165, 1.54) is 16.9 Å². The quantitative estimate of drug-likeness (QED) is 0.554.